The zero-order valence-corrected chi connectivity index (χ0v) is 7.56. The molecule has 0 saturated heterocycles. The average Bonchev–Trinajstić information content (AvgIpc) is 1.93. The van der Waals surface area contributed by atoms with Crippen LogP contribution in [0.1, 0.15) is 6.92 Å². The molecule has 0 heterocycles. The Kier molecular flexibility index (Phi) is 4.33. The van der Waals surface area contributed by atoms with Crippen molar-refractivity contribution in [3.63, 3.8) is 0 Å². The first kappa shape index (κ1) is 10.9. The Morgan fingerprint density at radius 2 is 2.00 bits per heavy atom. The fraction of sp³-hybridized carbons (Fsp3) is 0.125. The lowest BCUT2D eigenvalue weighted by Gasteiger charge is -2.00. The molecular formula is C8H11ClN2O. The largest absolute Gasteiger partial charge is 1.00 e. The van der Waals surface area contributed by atoms with E-state index >= 15 is 0 Å². The molecule has 0 aliphatic heterocycles. The second-order valence-electron chi connectivity index (χ2n) is 2.34. The molecule has 4 heteroatoms. The van der Waals surface area contributed by atoms with E-state index in [9.17, 15) is 4.79 Å². The van der Waals surface area contributed by atoms with Gasteiger partial charge >= 0.3 is 0 Å². The van der Waals surface area contributed by atoms with Crippen LogP contribution in [-0.2, 0) is 4.79 Å². The predicted molar refractivity (Wildman–Crippen MR) is 43.3 cm³/mol. The first-order valence-electron chi connectivity index (χ1n) is 3.39. The van der Waals surface area contributed by atoms with E-state index in [1.165, 1.54) is 6.92 Å². The molecule has 1 aromatic carbocycles. The molecule has 0 aromatic heterocycles. The molecule has 0 radical (unpaired) electrons. The molecule has 12 heavy (non-hydrogen) atoms. The Hall–Kier alpha value is -1.06. The first-order chi connectivity index (χ1) is 5.20. The Balaban J connectivity index is 0.00000121. The summed E-state index contributed by atoms with van der Waals surface area (Å²) < 4.78 is 0. The van der Waals surface area contributed by atoms with Crippen LogP contribution >= 0.6 is 0 Å². The van der Waals surface area contributed by atoms with Gasteiger partial charge in [0, 0.05) is 13.0 Å². The molecule has 0 aliphatic rings. The number of quaternary nitrogens is 1. The van der Waals surface area contributed by atoms with Crippen molar-refractivity contribution in [3.05, 3.63) is 24.3 Å². The van der Waals surface area contributed by atoms with Crippen molar-refractivity contribution in [2.45, 2.75) is 6.92 Å². The van der Waals surface area contributed by atoms with Gasteiger partial charge in [-0.2, -0.15) is 0 Å². The molecule has 66 valence electrons. The van der Waals surface area contributed by atoms with Crippen molar-refractivity contribution in [1.29, 1.82) is 0 Å². The number of anilines is 1. The summed E-state index contributed by atoms with van der Waals surface area (Å²) in [5.41, 5.74) is 5.37. The molecule has 0 unspecified atom stereocenters. The van der Waals surface area contributed by atoms with Crippen molar-refractivity contribution in [2.75, 3.05) is 5.32 Å². The lowest BCUT2D eigenvalue weighted by molar-refractivity contribution is -0.253. The topological polar surface area (TPSA) is 56.7 Å². The van der Waals surface area contributed by atoms with E-state index in [1.54, 1.807) is 0 Å². The van der Waals surface area contributed by atoms with Crippen LogP contribution in [-0.4, -0.2) is 5.91 Å². The van der Waals surface area contributed by atoms with Gasteiger partial charge in [-0.15, -0.1) is 0 Å². The summed E-state index contributed by atoms with van der Waals surface area (Å²) in [6.07, 6.45) is 0. The summed E-state index contributed by atoms with van der Waals surface area (Å²) in [6.45, 7) is 1.48. The normalized spacial score (nSPS) is 8.50. The molecular weight excluding hydrogens is 176 g/mol. The Morgan fingerprint density at radius 1 is 1.42 bits per heavy atom. The van der Waals surface area contributed by atoms with Crippen LogP contribution in [0.15, 0.2) is 24.3 Å². The van der Waals surface area contributed by atoms with Crippen molar-refractivity contribution < 1.29 is 22.9 Å². The number of para-hydroxylation sites is 1. The molecule has 1 amide bonds. The maximum Gasteiger partial charge on any atom is 0.221 e. The zero-order valence-electron chi connectivity index (χ0n) is 6.80. The fourth-order valence-electron chi connectivity index (χ4n) is 0.832. The van der Waals surface area contributed by atoms with E-state index in [1.807, 2.05) is 24.3 Å². The van der Waals surface area contributed by atoms with Crippen LogP contribution in [0.4, 0.5) is 11.4 Å². The SMILES string of the molecule is CC(=O)Nc1ccccc1[NH3+].[Cl-]. The molecule has 4 N–H and O–H groups in total. The third kappa shape index (κ3) is 2.90. The fourth-order valence-corrected chi connectivity index (χ4v) is 0.832. The Labute approximate surface area is 77.4 Å². The molecule has 1 rings (SSSR count). The smallest absolute Gasteiger partial charge is 0.221 e. The summed E-state index contributed by atoms with van der Waals surface area (Å²) in [4.78, 5) is 10.6. The van der Waals surface area contributed by atoms with Gasteiger partial charge in [-0.05, 0) is 6.07 Å². The highest BCUT2D eigenvalue weighted by Gasteiger charge is 2.00. The highest BCUT2D eigenvalue weighted by atomic mass is 35.5. The minimum Gasteiger partial charge on any atom is -1.00 e. The van der Waals surface area contributed by atoms with Crippen LogP contribution in [0.25, 0.3) is 0 Å². The number of rotatable bonds is 1. The van der Waals surface area contributed by atoms with Crippen molar-refractivity contribution in [3.8, 4) is 0 Å². The number of hydrogen-bond acceptors (Lipinski definition) is 1. The monoisotopic (exact) mass is 186 g/mol. The number of nitrogens with one attached hydrogen (secondary N) is 1. The lowest BCUT2D eigenvalue weighted by atomic mass is 10.3. The van der Waals surface area contributed by atoms with Gasteiger partial charge in [-0.25, -0.2) is 0 Å². The van der Waals surface area contributed by atoms with Gasteiger partial charge < -0.3 is 23.5 Å². The first-order valence-corrected chi connectivity index (χ1v) is 3.39. The van der Waals surface area contributed by atoms with Crippen LogP contribution in [0.3, 0.4) is 0 Å². The number of benzene rings is 1. The Morgan fingerprint density at radius 3 is 2.50 bits per heavy atom. The third-order valence-electron chi connectivity index (χ3n) is 1.33. The predicted octanol–water partition coefficient (Wildman–Crippen LogP) is -2.48. The summed E-state index contributed by atoms with van der Waals surface area (Å²) in [5, 5.41) is 2.67. The van der Waals surface area contributed by atoms with E-state index in [0.29, 0.717) is 0 Å². The number of halogens is 1. The van der Waals surface area contributed by atoms with Gasteiger partial charge in [0.25, 0.3) is 0 Å². The third-order valence-corrected chi connectivity index (χ3v) is 1.33. The van der Waals surface area contributed by atoms with Crippen molar-refractivity contribution in [1.82, 2.24) is 0 Å². The van der Waals surface area contributed by atoms with Gasteiger partial charge in [0.05, 0.1) is 0 Å². The highest BCUT2D eigenvalue weighted by molar-refractivity contribution is 5.90. The van der Waals surface area contributed by atoms with Crippen molar-refractivity contribution in [2.24, 2.45) is 0 Å². The maximum absolute atomic E-state index is 10.6. The van der Waals surface area contributed by atoms with E-state index in [2.05, 4.69) is 11.1 Å². The highest BCUT2D eigenvalue weighted by Crippen LogP contribution is 2.14. The molecule has 0 aliphatic carbocycles. The maximum atomic E-state index is 10.6. The summed E-state index contributed by atoms with van der Waals surface area (Å²) in [5.74, 6) is -0.0684. The zero-order chi connectivity index (χ0) is 8.27. The van der Waals surface area contributed by atoms with Crippen LogP contribution in [0.2, 0.25) is 0 Å². The van der Waals surface area contributed by atoms with Gasteiger partial charge in [0.15, 0.2) is 5.69 Å². The lowest BCUT2D eigenvalue weighted by Crippen LogP contribution is -3.00. The standard InChI is InChI=1S/C8H10N2O.ClH/c1-6(11)10-8-5-3-2-4-7(8)9;/h2-5H,9H2,1H3,(H,10,11);1H. The van der Waals surface area contributed by atoms with Gasteiger partial charge in [-0.1, -0.05) is 12.1 Å². The quantitative estimate of drug-likeness (QED) is 0.502. The number of carbonyl (C=O) groups is 1. The van der Waals surface area contributed by atoms with E-state index < -0.39 is 0 Å². The second kappa shape index (κ2) is 4.74. The number of hydrogen-bond donors (Lipinski definition) is 2. The van der Waals surface area contributed by atoms with Crippen LogP contribution in [0, 0.1) is 0 Å². The summed E-state index contributed by atoms with van der Waals surface area (Å²) in [6, 6.07) is 7.42. The molecule has 3 nitrogen and oxygen atoms in total. The average molecular weight is 187 g/mol. The van der Waals surface area contributed by atoms with Gasteiger partial charge in [0.1, 0.15) is 5.69 Å². The second-order valence-corrected chi connectivity index (χ2v) is 2.34. The molecule has 0 bridgehead atoms. The molecule has 1 aromatic rings. The summed E-state index contributed by atoms with van der Waals surface area (Å²) >= 11 is 0. The van der Waals surface area contributed by atoms with Gasteiger partial charge in [0.2, 0.25) is 5.91 Å². The van der Waals surface area contributed by atoms with E-state index in [-0.39, 0.29) is 18.3 Å². The van der Waals surface area contributed by atoms with E-state index in [4.69, 9.17) is 0 Å². The molecule has 0 saturated carbocycles. The molecule has 0 fully saturated rings. The minimum atomic E-state index is -0.0684. The summed E-state index contributed by atoms with van der Waals surface area (Å²) in [7, 11) is 0. The van der Waals surface area contributed by atoms with E-state index in [0.717, 1.165) is 11.4 Å². The molecule has 0 spiro atoms. The minimum absolute atomic E-state index is 0. The number of amides is 1. The molecule has 0 atom stereocenters. The van der Waals surface area contributed by atoms with Gasteiger partial charge in [-0.3, -0.25) is 4.79 Å². The number of carbonyl (C=O) groups excluding carboxylic acids is 1. The van der Waals surface area contributed by atoms with Crippen LogP contribution < -0.4 is 23.5 Å². The Bertz CT molecular complexity index is 276. The van der Waals surface area contributed by atoms with Crippen molar-refractivity contribution >= 4 is 17.3 Å². The van der Waals surface area contributed by atoms with Crippen LogP contribution in [0.5, 0.6) is 0 Å².